The molecule has 1 fully saturated rings. The molecular weight excluding hydrogens is 316 g/mol. The maximum absolute atomic E-state index is 13.9. The van der Waals surface area contributed by atoms with E-state index < -0.39 is 11.6 Å². The molecule has 1 amide bonds. The Hall–Kier alpha value is -0.970. The molecule has 0 spiro atoms. The van der Waals surface area contributed by atoms with E-state index in [0.717, 1.165) is 12.8 Å². The Kier molecular flexibility index (Phi) is 4.55. The lowest BCUT2D eigenvalue weighted by Crippen LogP contribution is -2.30. The minimum Gasteiger partial charge on any atom is -0.338 e. The third-order valence-electron chi connectivity index (χ3n) is 3.58. The number of benzene rings is 1. The number of hydrogen-bond acceptors (Lipinski definition) is 1. The monoisotopic (exact) mass is 331 g/mol. The maximum Gasteiger partial charge on any atom is 0.222 e. The Labute approximate surface area is 119 Å². The third kappa shape index (κ3) is 3.32. The minimum absolute atomic E-state index is 0.00264. The van der Waals surface area contributed by atoms with Crippen LogP contribution in [0.25, 0.3) is 0 Å². The quantitative estimate of drug-likeness (QED) is 0.753. The van der Waals surface area contributed by atoms with Crippen molar-refractivity contribution in [2.75, 3.05) is 6.54 Å². The molecule has 1 aromatic carbocycles. The van der Waals surface area contributed by atoms with Gasteiger partial charge in [0.05, 0.1) is 11.0 Å². The van der Waals surface area contributed by atoms with Gasteiger partial charge in [0.15, 0.2) is 0 Å². The molecule has 0 bridgehead atoms. The van der Waals surface area contributed by atoms with Crippen LogP contribution in [-0.2, 0) is 11.3 Å². The van der Waals surface area contributed by atoms with Crippen LogP contribution < -0.4 is 0 Å². The summed E-state index contributed by atoms with van der Waals surface area (Å²) in [5, 5.41) is 0. The van der Waals surface area contributed by atoms with Crippen LogP contribution in [0.15, 0.2) is 16.6 Å². The van der Waals surface area contributed by atoms with Crippen molar-refractivity contribution in [1.29, 1.82) is 0 Å². The van der Waals surface area contributed by atoms with Crippen LogP contribution in [-0.4, -0.2) is 17.4 Å². The molecule has 5 heteroatoms. The number of halogens is 3. The first-order chi connectivity index (χ1) is 8.99. The van der Waals surface area contributed by atoms with Crippen molar-refractivity contribution < 1.29 is 13.6 Å². The van der Waals surface area contributed by atoms with Gasteiger partial charge in [0.25, 0.3) is 0 Å². The molecule has 1 aliphatic heterocycles. The van der Waals surface area contributed by atoms with Crippen LogP contribution in [0.3, 0.4) is 0 Å². The van der Waals surface area contributed by atoms with E-state index in [1.807, 2.05) is 0 Å². The van der Waals surface area contributed by atoms with E-state index >= 15 is 0 Å². The maximum atomic E-state index is 13.9. The van der Waals surface area contributed by atoms with Gasteiger partial charge in [-0.2, -0.15) is 0 Å². The zero-order chi connectivity index (χ0) is 14.0. The molecule has 1 unspecified atom stereocenters. The molecule has 0 N–H and O–H groups in total. The summed E-state index contributed by atoms with van der Waals surface area (Å²) >= 11 is 3.04. The molecule has 0 aromatic heterocycles. The summed E-state index contributed by atoms with van der Waals surface area (Å²) in [5.41, 5.74) is -0.0442. The summed E-state index contributed by atoms with van der Waals surface area (Å²) < 4.78 is 27.8. The average Bonchev–Trinajstić information content (AvgIpc) is 2.54. The van der Waals surface area contributed by atoms with E-state index in [1.165, 1.54) is 12.1 Å². The lowest BCUT2D eigenvalue weighted by Gasteiger charge is -2.21. The smallest absolute Gasteiger partial charge is 0.222 e. The first-order valence-corrected chi connectivity index (χ1v) is 7.18. The first-order valence-electron chi connectivity index (χ1n) is 6.39. The number of likely N-dealkylation sites (tertiary alicyclic amines) is 1. The predicted molar refractivity (Wildman–Crippen MR) is 72.5 cm³/mol. The number of carbonyl (C=O) groups is 1. The molecule has 2 nitrogen and oxygen atoms in total. The summed E-state index contributed by atoms with van der Waals surface area (Å²) in [6, 6.07) is 2.55. The van der Waals surface area contributed by atoms with Gasteiger partial charge in [0.1, 0.15) is 11.6 Å². The molecule has 104 valence electrons. The summed E-state index contributed by atoms with van der Waals surface area (Å²) in [4.78, 5) is 13.5. The van der Waals surface area contributed by atoms with Crippen molar-refractivity contribution in [3.63, 3.8) is 0 Å². The lowest BCUT2D eigenvalue weighted by molar-refractivity contribution is -0.131. The second-order valence-corrected chi connectivity index (χ2v) is 5.92. The van der Waals surface area contributed by atoms with Crippen molar-refractivity contribution >= 4 is 21.8 Å². The fourth-order valence-electron chi connectivity index (χ4n) is 2.25. The van der Waals surface area contributed by atoms with Gasteiger partial charge in [0, 0.05) is 18.5 Å². The van der Waals surface area contributed by atoms with Gasteiger partial charge < -0.3 is 4.90 Å². The Morgan fingerprint density at radius 3 is 2.84 bits per heavy atom. The number of amides is 1. The standard InChI is InChI=1S/C14H16BrF2NO/c1-9-2-5-13(19)18(7-6-9)8-10-12(16)4-3-11(15)14(10)17/h3-4,9H,2,5-8H2,1H3. The van der Waals surface area contributed by atoms with Gasteiger partial charge in [-0.25, -0.2) is 8.78 Å². The normalized spacial score (nSPS) is 20.5. The second kappa shape index (κ2) is 5.99. The average molecular weight is 332 g/mol. The Morgan fingerprint density at radius 1 is 1.37 bits per heavy atom. The molecule has 1 heterocycles. The number of hydrogen-bond donors (Lipinski definition) is 0. The minimum atomic E-state index is -0.620. The molecular formula is C14H16BrF2NO. The fourth-order valence-corrected chi connectivity index (χ4v) is 2.62. The van der Waals surface area contributed by atoms with E-state index in [-0.39, 0.29) is 22.5 Å². The van der Waals surface area contributed by atoms with E-state index in [0.29, 0.717) is 18.9 Å². The molecule has 1 aliphatic rings. The molecule has 0 saturated carbocycles. The summed E-state index contributed by atoms with van der Waals surface area (Å²) in [6.45, 7) is 2.66. The van der Waals surface area contributed by atoms with Crippen molar-refractivity contribution in [3.8, 4) is 0 Å². The van der Waals surface area contributed by atoms with E-state index in [1.54, 1.807) is 4.90 Å². The van der Waals surface area contributed by atoms with Crippen molar-refractivity contribution in [2.45, 2.75) is 32.7 Å². The largest absolute Gasteiger partial charge is 0.338 e. The van der Waals surface area contributed by atoms with Crippen molar-refractivity contribution in [2.24, 2.45) is 5.92 Å². The zero-order valence-electron chi connectivity index (χ0n) is 10.8. The van der Waals surface area contributed by atoms with Crippen LogP contribution in [0.1, 0.15) is 31.7 Å². The number of rotatable bonds is 2. The highest BCUT2D eigenvalue weighted by molar-refractivity contribution is 9.10. The van der Waals surface area contributed by atoms with Gasteiger partial charge >= 0.3 is 0 Å². The van der Waals surface area contributed by atoms with Gasteiger partial charge in [-0.1, -0.05) is 6.92 Å². The second-order valence-electron chi connectivity index (χ2n) is 5.07. The molecule has 1 aromatic rings. The fraction of sp³-hybridized carbons (Fsp3) is 0.500. The lowest BCUT2D eigenvalue weighted by atomic mass is 10.0. The van der Waals surface area contributed by atoms with E-state index in [4.69, 9.17) is 0 Å². The number of carbonyl (C=O) groups excluding carboxylic acids is 1. The Morgan fingerprint density at radius 2 is 2.11 bits per heavy atom. The summed E-state index contributed by atoms with van der Waals surface area (Å²) in [6.07, 6.45) is 2.18. The molecule has 2 rings (SSSR count). The Balaban J connectivity index is 2.20. The van der Waals surface area contributed by atoms with Gasteiger partial charge in [-0.15, -0.1) is 0 Å². The van der Waals surface area contributed by atoms with E-state index in [2.05, 4.69) is 22.9 Å². The Bertz CT molecular complexity index is 493. The molecule has 19 heavy (non-hydrogen) atoms. The third-order valence-corrected chi connectivity index (χ3v) is 4.20. The predicted octanol–water partition coefficient (Wildman–Crippen LogP) is 3.88. The highest BCUT2D eigenvalue weighted by Crippen LogP contribution is 2.25. The summed E-state index contributed by atoms with van der Waals surface area (Å²) in [7, 11) is 0. The molecule has 0 aliphatic carbocycles. The topological polar surface area (TPSA) is 20.3 Å². The highest BCUT2D eigenvalue weighted by Gasteiger charge is 2.23. The van der Waals surface area contributed by atoms with Gasteiger partial charge in [-0.05, 0) is 46.8 Å². The molecule has 1 saturated heterocycles. The van der Waals surface area contributed by atoms with Crippen LogP contribution in [0, 0.1) is 17.6 Å². The van der Waals surface area contributed by atoms with Gasteiger partial charge in [0.2, 0.25) is 5.91 Å². The zero-order valence-corrected chi connectivity index (χ0v) is 12.3. The van der Waals surface area contributed by atoms with Crippen LogP contribution in [0.2, 0.25) is 0 Å². The number of nitrogens with zero attached hydrogens (tertiary/aromatic N) is 1. The van der Waals surface area contributed by atoms with E-state index in [9.17, 15) is 13.6 Å². The highest BCUT2D eigenvalue weighted by atomic mass is 79.9. The first kappa shape index (κ1) is 14.4. The van der Waals surface area contributed by atoms with Crippen molar-refractivity contribution in [1.82, 2.24) is 4.90 Å². The summed E-state index contributed by atoms with van der Waals surface area (Å²) in [5.74, 6) is -0.773. The van der Waals surface area contributed by atoms with Crippen LogP contribution >= 0.6 is 15.9 Å². The molecule has 1 atom stereocenters. The molecule has 0 radical (unpaired) electrons. The SMILES string of the molecule is CC1CCC(=O)N(Cc2c(F)ccc(Br)c2F)CC1. The van der Waals surface area contributed by atoms with Gasteiger partial charge in [-0.3, -0.25) is 4.79 Å². The van der Waals surface area contributed by atoms with Crippen LogP contribution in [0.5, 0.6) is 0 Å². The van der Waals surface area contributed by atoms with Crippen LogP contribution in [0.4, 0.5) is 8.78 Å². The van der Waals surface area contributed by atoms with Crippen molar-refractivity contribution in [3.05, 3.63) is 33.8 Å².